The predicted molar refractivity (Wildman–Crippen MR) is 108 cm³/mol. The van der Waals surface area contributed by atoms with Crippen LogP contribution >= 0.6 is 0 Å². The average molecular weight is 409 g/mol. The van der Waals surface area contributed by atoms with Gasteiger partial charge in [0, 0.05) is 12.5 Å². The molecule has 4 nitrogen and oxygen atoms in total. The first-order valence-corrected chi connectivity index (χ1v) is 10.8. The summed E-state index contributed by atoms with van der Waals surface area (Å²) < 4.78 is 41.0. The Hall–Kier alpha value is -2.99. The smallest absolute Gasteiger partial charge is 0.266 e. The second kappa shape index (κ2) is 7.44. The van der Waals surface area contributed by atoms with Gasteiger partial charge in [-0.2, -0.15) is 0 Å². The van der Waals surface area contributed by atoms with Crippen LogP contribution in [0.1, 0.15) is 28.2 Å². The van der Waals surface area contributed by atoms with Gasteiger partial charge in [-0.05, 0) is 47.9 Å². The molecular weight excluding hydrogens is 389 g/mol. The molecule has 0 aliphatic carbocycles. The molecule has 0 saturated carbocycles. The molecule has 1 atom stereocenters. The van der Waals surface area contributed by atoms with Crippen molar-refractivity contribution in [2.75, 3.05) is 6.54 Å². The first kappa shape index (κ1) is 19.3. The van der Waals surface area contributed by atoms with Crippen LogP contribution in [0.25, 0.3) is 0 Å². The van der Waals surface area contributed by atoms with E-state index in [-0.39, 0.29) is 29.6 Å². The summed E-state index contributed by atoms with van der Waals surface area (Å²) in [6.45, 7) is 1.84. The van der Waals surface area contributed by atoms with Gasteiger partial charge in [0.1, 0.15) is 5.82 Å². The molecule has 148 valence electrons. The van der Waals surface area contributed by atoms with Crippen molar-refractivity contribution >= 4 is 15.9 Å². The van der Waals surface area contributed by atoms with E-state index in [1.807, 2.05) is 31.2 Å². The highest BCUT2D eigenvalue weighted by Crippen LogP contribution is 2.34. The molecule has 0 N–H and O–H groups in total. The van der Waals surface area contributed by atoms with E-state index in [0.717, 1.165) is 26.6 Å². The van der Waals surface area contributed by atoms with E-state index in [1.54, 1.807) is 24.3 Å². The fraction of sp³-hybridized carbons (Fsp3) is 0.174. The summed E-state index contributed by atoms with van der Waals surface area (Å²) in [5.41, 5.74) is 3.36. The van der Waals surface area contributed by atoms with E-state index in [4.69, 9.17) is 0 Å². The number of carbonyl (C=O) groups is 1. The zero-order chi connectivity index (χ0) is 20.6. The summed E-state index contributed by atoms with van der Waals surface area (Å²) in [7, 11) is -4.01. The van der Waals surface area contributed by atoms with Crippen LogP contribution in [-0.2, 0) is 21.2 Å². The van der Waals surface area contributed by atoms with Crippen LogP contribution in [0.15, 0.2) is 77.7 Å². The van der Waals surface area contributed by atoms with Gasteiger partial charge in [-0.1, -0.05) is 54.1 Å². The van der Waals surface area contributed by atoms with Gasteiger partial charge in [-0.3, -0.25) is 4.79 Å². The predicted octanol–water partition coefficient (Wildman–Crippen LogP) is 4.04. The summed E-state index contributed by atoms with van der Waals surface area (Å²) in [5.74, 6) is -1.21. The van der Waals surface area contributed by atoms with Crippen LogP contribution in [0.5, 0.6) is 0 Å². The zero-order valence-corrected chi connectivity index (χ0v) is 16.7. The van der Waals surface area contributed by atoms with E-state index < -0.39 is 15.9 Å². The molecule has 1 aliphatic rings. The molecule has 1 unspecified atom stereocenters. The molecule has 6 heteroatoms. The number of amides is 1. The molecule has 0 radical (unpaired) electrons. The van der Waals surface area contributed by atoms with Crippen molar-refractivity contribution in [2.45, 2.75) is 24.2 Å². The van der Waals surface area contributed by atoms with E-state index in [1.165, 1.54) is 24.3 Å². The third kappa shape index (κ3) is 3.68. The number of carbonyl (C=O) groups excluding carboxylic acids is 1. The molecule has 4 rings (SSSR count). The lowest BCUT2D eigenvalue weighted by Gasteiger charge is -2.25. The number of hydrogen-bond donors (Lipinski definition) is 0. The fourth-order valence-corrected chi connectivity index (χ4v) is 5.11. The molecular formula is C23H20FNO3S. The normalized spacial score (nSPS) is 17.0. The Labute approximate surface area is 169 Å². The summed E-state index contributed by atoms with van der Waals surface area (Å²) in [6, 6.07) is 19.9. The molecule has 3 aromatic rings. The number of rotatable bonds is 3. The van der Waals surface area contributed by atoms with Crippen molar-refractivity contribution < 1.29 is 17.6 Å². The lowest BCUT2D eigenvalue weighted by Crippen LogP contribution is -2.39. The molecule has 0 fully saturated rings. The average Bonchev–Trinajstić information content (AvgIpc) is 2.85. The number of fused-ring (bicyclic) bond motifs is 1. The third-order valence-corrected chi connectivity index (χ3v) is 7.08. The van der Waals surface area contributed by atoms with Gasteiger partial charge in [0.2, 0.25) is 5.91 Å². The number of benzene rings is 3. The highest BCUT2D eigenvalue weighted by Gasteiger charge is 2.36. The molecule has 1 aliphatic heterocycles. The Balaban J connectivity index is 1.82. The van der Waals surface area contributed by atoms with Gasteiger partial charge < -0.3 is 0 Å². The minimum absolute atomic E-state index is 0.00103. The third-order valence-electron chi connectivity index (χ3n) is 5.28. The minimum atomic E-state index is -4.01. The van der Waals surface area contributed by atoms with E-state index in [9.17, 15) is 17.6 Å². The first-order chi connectivity index (χ1) is 13.9. The first-order valence-electron chi connectivity index (χ1n) is 9.32. The molecule has 1 amide bonds. The van der Waals surface area contributed by atoms with Gasteiger partial charge >= 0.3 is 0 Å². The molecule has 0 aromatic heterocycles. The number of hydrogen-bond acceptors (Lipinski definition) is 3. The topological polar surface area (TPSA) is 54.5 Å². The Morgan fingerprint density at radius 3 is 2.28 bits per heavy atom. The molecule has 3 aromatic carbocycles. The largest absolute Gasteiger partial charge is 0.273 e. The van der Waals surface area contributed by atoms with Crippen molar-refractivity contribution in [3.8, 4) is 0 Å². The van der Waals surface area contributed by atoms with Gasteiger partial charge in [-0.25, -0.2) is 17.1 Å². The van der Waals surface area contributed by atoms with E-state index in [0.29, 0.717) is 0 Å². The van der Waals surface area contributed by atoms with Crippen LogP contribution < -0.4 is 0 Å². The maximum absolute atomic E-state index is 13.5. The van der Waals surface area contributed by atoms with Gasteiger partial charge in [0.05, 0.1) is 11.3 Å². The van der Waals surface area contributed by atoms with Crippen molar-refractivity contribution in [3.05, 3.63) is 101 Å². The zero-order valence-electron chi connectivity index (χ0n) is 15.9. The lowest BCUT2D eigenvalue weighted by atomic mass is 9.88. The van der Waals surface area contributed by atoms with Crippen molar-refractivity contribution in [1.29, 1.82) is 0 Å². The Kier molecular flexibility index (Phi) is 4.96. The minimum Gasteiger partial charge on any atom is -0.273 e. The summed E-state index contributed by atoms with van der Waals surface area (Å²) >= 11 is 0. The Morgan fingerprint density at radius 1 is 0.931 bits per heavy atom. The molecule has 1 heterocycles. The lowest BCUT2D eigenvalue weighted by molar-refractivity contribution is -0.125. The molecule has 0 spiro atoms. The van der Waals surface area contributed by atoms with Crippen LogP contribution in [0.3, 0.4) is 0 Å². The summed E-state index contributed by atoms with van der Waals surface area (Å²) in [5, 5.41) is 0. The molecule has 0 bridgehead atoms. The van der Waals surface area contributed by atoms with Crippen molar-refractivity contribution in [3.63, 3.8) is 0 Å². The fourth-order valence-electron chi connectivity index (χ4n) is 3.70. The summed E-state index contributed by atoms with van der Waals surface area (Å²) in [4.78, 5) is 13.1. The highest BCUT2D eigenvalue weighted by molar-refractivity contribution is 7.89. The van der Waals surface area contributed by atoms with Crippen LogP contribution in [-0.4, -0.2) is 25.2 Å². The van der Waals surface area contributed by atoms with E-state index >= 15 is 0 Å². The number of aryl methyl sites for hydroxylation is 1. The van der Waals surface area contributed by atoms with Gasteiger partial charge in [-0.15, -0.1) is 0 Å². The van der Waals surface area contributed by atoms with Gasteiger partial charge in [0.15, 0.2) is 0 Å². The maximum Gasteiger partial charge on any atom is 0.266 e. The van der Waals surface area contributed by atoms with Gasteiger partial charge in [0.25, 0.3) is 10.0 Å². The monoisotopic (exact) mass is 409 g/mol. The van der Waals surface area contributed by atoms with E-state index in [2.05, 4.69) is 0 Å². The quantitative estimate of drug-likeness (QED) is 0.656. The second-order valence-corrected chi connectivity index (χ2v) is 9.08. The Bertz CT molecular complexity index is 1160. The van der Waals surface area contributed by atoms with Crippen LogP contribution in [0, 0.1) is 12.7 Å². The summed E-state index contributed by atoms with van der Waals surface area (Å²) in [6.07, 6.45) is -0.00103. The maximum atomic E-state index is 13.5. The SMILES string of the molecule is Cc1ccc(S(=O)(=O)N2CC(c3ccc(F)cc3)c3ccccc3CC2=O)cc1. The number of nitrogens with zero attached hydrogens (tertiary/aromatic N) is 1. The van der Waals surface area contributed by atoms with Crippen LogP contribution in [0.4, 0.5) is 4.39 Å². The number of halogens is 1. The Morgan fingerprint density at radius 2 is 1.59 bits per heavy atom. The standard InChI is InChI=1S/C23H20FNO3S/c1-16-6-12-20(13-7-16)29(27,28)25-15-22(17-8-10-19(24)11-9-17)21-5-3-2-4-18(21)14-23(25)26/h2-13,22H,14-15H2,1H3. The highest BCUT2D eigenvalue weighted by atomic mass is 32.2. The number of sulfonamides is 1. The second-order valence-electron chi connectivity index (χ2n) is 7.22. The van der Waals surface area contributed by atoms with Crippen LogP contribution in [0.2, 0.25) is 0 Å². The molecule has 29 heavy (non-hydrogen) atoms. The van der Waals surface area contributed by atoms with Crippen molar-refractivity contribution in [1.82, 2.24) is 4.31 Å². The molecule has 0 saturated heterocycles. The van der Waals surface area contributed by atoms with Crippen molar-refractivity contribution in [2.24, 2.45) is 0 Å².